The minimum absolute atomic E-state index is 0.0659. The topological polar surface area (TPSA) is 55.6 Å². The van der Waals surface area contributed by atoms with Gasteiger partial charge in [0, 0.05) is 41.5 Å². The first-order valence-corrected chi connectivity index (χ1v) is 7.74. The van der Waals surface area contributed by atoms with Gasteiger partial charge >= 0.3 is 0 Å². The fourth-order valence-corrected chi connectivity index (χ4v) is 2.48. The van der Waals surface area contributed by atoms with Crippen molar-refractivity contribution in [2.24, 2.45) is 0 Å². The second-order valence-electron chi connectivity index (χ2n) is 5.96. The number of rotatable bonds is 5. The normalized spacial score (nSPS) is 11.4. The number of nitrogens with one attached hydrogen (secondary N) is 1. The largest absolute Gasteiger partial charge is 0.368 e. The Balaban J connectivity index is 1.70. The molecule has 3 aromatic rings. The van der Waals surface area contributed by atoms with E-state index in [1.54, 1.807) is 10.9 Å². The van der Waals surface area contributed by atoms with E-state index in [0.717, 1.165) is 23.2 Å². The van der Waals surface area contributed by atoms with Crippen LogP contribution < -0.4 is 5.32 Å². The fraction of sp³-hybridized carbons (Fsp3) is 0.235. The fourth-order valence-electron chi connectivity index (χ4n) is 2.29. The number of halogens is 1. The minimum Gasteiger partial charge on any atom is -0.368 e. The smallest absolute Gasteiger partial charge is 0.156 e. The maximum atomic E-state index is 6.09. The predicted octanol–water partition coefficient (Wildman–Crippen LogP) is 3.71. The Morgan fingerprint density at radius 1 is 1.22 bits per heavy atom. The summed E-state index contributed by atoms with van der Waals surface area (Å²) < 4.78 is 1.72. The number of aromatic nitrogens is 4. The summed E-state index contributed by atoms with van der Waals surface area (Å²) in [5.74, 6) is 1.54. The van der Waals surface area contributed by atoms with Gasteiger partial charge in [-0.15, -0.1) is 5.10 Å². The number of nitrogens with zero attached hydrogens (tertiary/aromatic N) is 4. The average Bonchev–Trinajstić information content (AvgIpc) is 3.03. The summed E-state index contributed by atoms with van der Waals surface area (Å²) >= 11 is 6.09. The molecule has 2 heterocycles. The van der Waals surface area contributed by atoms with Gasteiger partial charge in [0.1, 0.15) is 12.1 Å². The molecule has 2 aromatic heterocycles. The third kappa shape index (κ3) is 3.68. The van der Waals surface area contributed by atoms with Crippen LogP contribution in [0.2, 0.25) is 5.02 Å². The second kappa shape index (κ2) is 6.38. The van der Waals surface area contributed by atoms with Crippen molar-refractivity contribution < 1.29 is 0 Å². The van der Waals surface area contributed by atoms with Gasteiger partial charge < -0.3 is 5.32 Å². The Kier molecular flexibility index (Phi) is 4.30. The van der Waals surface area contributed by atoms with Crippen LogP contribution in [0.4, 0.5) is 5.82 Å². The van der Waals surface area contributed by atoms with Crippen LogP contribution in [-0.4, -0.2) is 26.3 Å². The molecule has 3 rings (SSSR count). The van der Waals surface area contributed by atoms with Gasteiger partial charge in [0.2, 0.25) is 0 Å². The van der Waals surface area contributed by atoms with Crippen molar-refractivity contribution in [3.05, 3.63) is 65.7 Å². The molecule has 0 atom stereocenters. The summed E-state index contributed by atoms with van der Waals surface area (Å²) in [7, 11) is 0. The lowest BCUT2D eigenvalue weighted by atomic mass is 9.84. The molecule has 0 aliphatic carbocycles. The summed E-state index contributed by atoms with van der Waals surface area (Å²) in [5, 5.41) is 8.61. The molecule has 1 aromatic carbocycles. The van der Waals surface area contributed by atoms with Crippen LogP contribution in [0, 0.1) is 0 Å². The highest BCUT2D eigenvalue weighted by Crippen LogP contribution is 2.26. The van der Waals surface area contributed by atoms with Crippen molar-refractivity contribution in [1.82, 2.24) is 19.7 Å². The van der Waals surface area contributed by atoms with Gasteiger partial charge in [0.25, 0.3) is 0 Å². The number of hydrogen-bond acceptors (Lipinski definition) is 4. The van der Waals surface area contributed by atoms with Crippen molar-refractivity contribution in [1.29, 1.82) is 0 Å². The molecular formula is C17H18ClN5. The lowest BCUT2D eigenvalue weighted by Gasteiger charge is -2.25. The third-order valence-electron chi connectivity index (χ3n) is 3.71. The lowest BCUT2D eigenvalue weighted by molar-refractivity contribution is 0.556. The van der Waals surface area contributed by atoms with Gasteiger partial charge in [0.15, 0.2) is 5.82 Å². The number of hydrogen-bond donors (Lipinski definition) is 1. The maximum Gasteiger partial charge on any atom is 0.156 e. The van der Waals surface area contributed by atoms with Crippen LogP contribution in [0.15, 0.2) is 55.1 Å². The van der Waals surface area contributed by atoms with E-state index in [9.17, 15) is 0 Å². The summed E-state index contributed by atoms with van der Waals surface area (Å²) in [6.45, 7) is 5.09. The van der Waals surface area contributed by atoms with Gasteiger partial charge in [-0.05, 0) is 17.7 Å². The highest BCUT2D eigenvalue weighted by atomic mass is 35.5. The maximum absolute atomic E-state index is 6.09. The molecule has 0 aliphatic heterocycles. The number of anilines is 1. The molecule has 0 spiro atoms. The summed E-state index contributed by atoms with van der Waals surface area (Å²) in [6.07, 6.45) is 5.07. The van der Waals surface area contributed by atoms with Crippen molar-refractivity contribution in [2.45, 2.75) is 19.3 Å². The molecule has 0 bridgehead atoms. The van der Waals surface area contributed by atoms with Crippen LogP contribution >= 0.6 is 11.6 Å². The summed E-state index contributed by atoms with van der Waals surface area (Å²) in [6, 6.07) is 11.7. The molecule has 0 unspecified atom stereocenters. The van der Waals surface area contributed by atoms with Crippen LogP contribution in [0.3, 0.4) is 0 Å². The molecular weight excluding hydrogens is 310 g/mol. The Morgan fingerprint density at radius 3 is 2.83 bits per heavy atom. The van der Waals surface area contributed by atoms with E-state index in [4.69, 9.17) is 11.6 Å². The molecule has 0 aliphatic rings. The molecule has 5 nitrogen and oxygen atoms in total. The molecule has 0 saturated heterocycles. The van der Waals surface area contributed by atoms with E-state index in [1.165, 1.54) is 11.9 Å². The highest BCUT2D eigenvalue weighted by Gasteiger charge is 2.21. The zero-order chi connectivity index (χ0) is 16.3. The molecule has 1 N–H and O–H groups in total. The second-order valence-corrected chi connectivity index (χ2v) is 6.40. The van der Waals surface area contributed by atoms with Crippen molar-refractivity contribution in [3.8, 4) is 5.82 Å². The summed E-state index contributed by atoms with van der Waals surface area (Å²) in [4.78, 5) is 8.08. The van der Waals surface area contributed by atoms with E-state index >= 15 is 0 Å². The zero-order valence-corrected chi connectivity index (χ0v) is 13.8. The molecule has 0 fully saturated rings. The Labute approximate surface area is 140 Å². The monoisotopic (exact) mass is 327 g/mol. The molecule has 23 heavy (non-hydrogen) atoms. The quantitative estimate of drug-likeness (QED) is 0.776. The minimum atomic E-state index is -0.0659. The van der Waals surface area contributed by atoms with Crippen molar-refractivity contribution >= 4 is 17.4 Å². The van der Waals surface area contributed by atoms with Crippen LogP contribution in [0.5, 0.6) is 0 Å². The van der Waals surface area contributed by atoms with Crippen LogP contribution in [0.1, 0.15) is 19.4 Å². The Hall–Kier alpha value is -2.40. The average molecular weight is 328 g/mol. The first-order chi connectivity index (χ1) is 11.0. The third-order valence-corrected chi connectivity index (χ3v) is 3.94. The number of benzene rings is 1. The Morgan fingerprint density at radius 2 is 2.09 bits per heavy atom. The Bertz CT molecular complexity index is 782. The van der Waals surface area contributed by atoms with Gasteiger partial charge in [-0.2, -0.15) is 0 Å². The van der Waals surface area contributed by atoms with Crippen molar-refractivity contribution in [2.75, 3.05) is 11.9 Å². The molecule has 0 radical (unpaired) electrons. The van der Waals surface area contributed by atoms with Crippen molar-refractivity contribution in [3.63, 3.8) is 0 Å². The van der Waals surface area contributed by atoms with E-state index < -0.39 is 0 Å². The first kappa shape index (κ1) is 15.5. The zero-order valence-electron chi connectivity index (χ0n) is 13.1. The van der Waals surface area contributed by atoms with Crippen LogP contribution in [-0.2, 0) is 5.41 Å². The summed E-state index contributed by atoms with van der Waals surface area (Å²) in [5.41, 5.74) is 1.12. The van der Waals surface area contributed by atoms with E-state index in [1.807, 2.05) is 36.5 Å². The SMILES string of the molecule is CC(C)(CNc1ccn(-c2ccncn2)n1)c1cccc(Cl)c1. The highest BCUT2D eigenvalue weighted by molar-refractivity contribution is 6.30. The van der Waals surface area contributed by atoms with Gasteiger partial charge in [-0.25, -0.2) is 14.6 Å². The molecule has 0 saturated carbocycles. The molecule has 118 valence electrons. The van der Waals surface area contributed by atoms with Gasteiger partial charge in [-0.1, -0.05) is 37.6 Å². The van der Waals surface area contributed by atoms with Gasteiger partial charge in [0.05, 0.1) is 0 Å². The first-order valence-electron chi connectivity index (χ1n) is 7.37. The van der Waals surface area contributed by atoms with Crippen LogP contribution in [0.25, 0.3) is 5.82 Å². The van der Waals surface area contributed by atoms with Gasteiger partial charge in [-0.3, -0.25) is 0 Å². The van der Waals surface area contributed by atoms with E-state index in [2.05, 4.69) is 40.3 Å². The molecule has 6 heteroatoms. The lowest BCUT2D eigenvalue weighted by Crippen LogP contribution is -2.27. The van der Waals surface area contributed by atoms with E-state index in [0.29, 0.717) is 0 Å². The predicted molar refractivity (Wildman–Crippen MR) is 92.1 cm³/mol. The van der Waals surface area contributed by atoms with E-state index in [-0.39, 0.29) is 5.41 Å². The molecule has 0 amide bonds. The standard InChI is InChI=1S/C17H18ClN5/c1-17(2,13-4-3-5-14(18)10-13)11-20-15-7-9-23(22-15)16-6-8-19-12-21-16/h3-10,12H,11H2,1-2H3,(H,20,22).